The van der Waals surface area contributed by atoms with Crippen molar-refractivity contribution in [3.05, 3.63) is 47.8 Å². The van der Waals surface area contributed by atoms with Gasteiger partial charge in [-0.2, -0.15) is 5.10 Å². The lowest BCUT2D eigenvalue weighted by Gasteiger charge is -2.32. The van der Waals surface area contributed by atoms with Gasteiger partial charge < -0.3 is 15.7 Å². The minimum Gasteiger partial charge on any atom is -0.481 e. The van der Waals surface area contributed by atoms with Crippen LogP contribution in [0.3, 0.4) is 0 Å². The van der Waals surface area contributed by atoms with Gasteiger partial charge in [0.1, 0.15) is 5.69 Å². The number of nitrogens with two attached hydrogens (primary N) is 1. The maximum Gasteiger partial charge on any atom is 0.307 e. The van der Waals surface area contributed by atoms with Crippen molar-refractivity contribution in [1.82, 2.24) is 14.7 Å². The molecular weight excluding hydrogens is 348 g/mol. The fourth-order valence-electron chi connectivity index (χ4n) is 3.99. The summed E-state index contributed by atoms with van der Waals surface area (Å²) in [5.74, 6) is -1.96. The lowest BCUT2D eigenvalue weighted by molar-refractivity contribution is -0.139. The van der Waals surface area contributed by atoms with Crippen molar-refractivity contribution in [2.24, 2.45) is 17.1 Å². The third kappa shape index (κ3) is 2.97. The Hall–Kier alpha value is -3.16. The Morgan fingerprint density at radius 3 is 2.37 bits per heavy atom. The van der Waals surface area contributed by atoms with Crippen LogP contribution in [0.4, 0.5) is 0 Å². The standard InChI is InChI=1S/C19H20N4O4/c20-16(24)15-10-14(21-23(15)12-4-2-1-3-5-12)17(25)22-8-6-19(7-9-22)11-13(19)18(26)27/h1-5,10,13H,6-9,11H2,(H2,20,24)(H,26,27). The first-order valence-corrected chi connectivity index (χ1v) is 8.89. The van der Waals surface area contributed by atoms with Crippen molar-refractivity contribution in [2.75, 3.05) is 13.1 Å². The van der Waals surface area contributed by atoms with Crippen LogP contribution in [-0.2, 0) is 4.79 Å². The molecule has 1 aliphatic heterocycles. The van der Waals surface area contributed by atoms with Crippen molar-refractivity contribution < 1.29 is 19.5 Å². The van der Waals surface area contributed by atoms with Gasteiger partial charge in [0.05, 0.1) is 11.6 Å². The van der Waals surface area contributed by atoms with E-state index >= 15 is 0 Å². The molecule has 4 rings (SSSR count). The van der Waals surface area contributed by atoms with Gasteiger partial charge in [-0.25, -0.2) is 4.68 Å². The highest BCUT2D eigenvalue weighted by Gasteiger charge is 2.59. The largest absolute Gasteiger partial charge is 0.481 e. The molecule has 0 radical (unpaired) electrons. The molecule has 2 amide bonds. The second kappa shape index (κ2) is 6.22. The van der Waals surface area contributed by atoms with Gasteiger partial charge in [-0.3, -0.25) is 14.4 Å². The molecule has 2 aliphatic rings. The van der Waals surface area contributed by atoms with Gasteiger partial charge in [0.15, 0.2) is 5.69 Å². The van der Waals surface area contributed by atoms with Crippen LogP contribution in [0.25, 0.3) is 5.69 Å². The van der Waals surface area contributed by atoms with Crippen molar-refractivity contribution in [3.8, 4) is 5.69 Å². The Balaban J connectivity index is 1.53. The van der Waals surface area contributed by atoms with Crippen LogP contribution in [-0.4, -0.2) is 50.7 Å². The number of carboxylic acids is 1. The number of para-hydroxylation sites is 1. The molecule has 1 spiro atoms. The van der Waals surface area contributed by atoms with Gasteiger partial charge >= 0.3 is 5.97 Å². The number of carbonyl (C=O) groups is 3. The smallest absolute Gasteiger partial charge is 0.307 e. The molecule has 140 valence electrons. The van der Waals surface area contributed by atoms with E-state index < -0.39 is 11.9 Å². The van der Waals surface area contributed by atoms with Gasteiger partial charge in [0.2, 0.25) is 0 Å². The van der Waals surface area contributed by atoms with E-state index in [1.165, 1.54) is 10.7 Å². The predicted molar refractivity (Wildman–Crippen MR) is 95.4 cm³/mol. The molecule has 0 bridgehead atoms. The third-order valence-electron chi connectivity index (χ3n) is 5.72. The minimum absolute atomic E-state index is 0.145. The first-order valence-electron chi connectivity index (χ1n) is 8.89. The van der Waals surface area contributed by atoms with E-state index in [2.05, 4.69) is 5.10 Å². The molecule has 1 aromatic heterocycles. The number of rotatable bonds is 4. The van der Waals surface area contributed by atoms with Gasteiger partial charge in [0.25, 0.3) is 11.8 Å². The Labute approximate surface area is 155 Å². The molecule has 1 saturated heterocycles. The summed E-state index contributed by atoms with van der Waals surface area (Å²) in [5, 5.41) is 13.5. The molecule has 1 atom stereocenters. The van der Waals surface area contributed by atoms with Gasteiger partial charge in [0, 0.05) is 19.2 Å². The summed E-state index contributed by atoms with van der Waals surface area (Å²) < 4.78 is 1.38. The van der Waals surface area contributed by atoms with Crippen LogP contribution in [0, 0.1) is 11.3 Å². The van der Waals surface area contributed by atoms with E-state index in [0.29, 0.717) is 38.0 Å². The van der Waals surface area contributed by atoms with Crippen LogP contribution >= 0.6 is 0 Å². The molecule has 2 fully saturated rings. The van der Waals surface area contributed by atoms with E-state index in [1.807, 2.05) is 18.2 Å². The van der Waals surface area contributed by atoms with Crippen molar-refractivity contribution in [1.29, 1.82) is 0 Å². The van der Waals surface area contributed by atoms with E-state index in [0.717, 1.165) is 0 Å². The fraction of sp³-hybridized carbons (Fsp3) is 0.368. The van der Waals surface area contributed by atoms with Crippen LogP contribution in [0.15, 0.2) is 36.4 Å². The Kier molecular flexibility index (Phi) is 3.98. The summed E-state index contributed by atoms with van der Waals surface area (Å²) in [6.07, 6.45) is 2.05. The molecule has 8 nitrogen and oxygen atoms in total. The maximum absolute atomic E-state index is 12.8. The lowest BCUT2D eigenvalue weighted by atomic mass is 9.90. The highest BCUT2D eigenvalue weighted by atomic mass is 16.4. The van der Waals surface area contributed by atoms with Crippen molar-refractivity contribution in [2.45, 2.75) is 19.3 Å². The molecule has 1 aliphatic carbocycles. The van der Waals surface area contributed by atoms with Crippen molar-refractivity contribution in [3.63, 3.8) is 0 Å². The topological polar surface area (TPSA) is 119 Å². The van der Waals surface area contributed by atoms with Gasteiger partial charge in [-0.05, 0) is 36.8 Å². The Morgan fingerprint density at radius 1 is 1.15 bits per heavy atom. The van der Waals surface area contributed by atoms with E-state index in [-0.39, 0.29) is 28.6 Å². The zero-order chi connectivity index (χ0) is 19.2. The number of piperidine rings is 1. The molecule has 27 heavy (non-hydrogen) atoms. The second-order valence-electron chi connectivity index (χ2n) is 7.28. The van der Waals surface area contributed by atoms with E-state index in [9.17, 15) is 19.5 Å². The predicted octanol–water partition coefficient (Wildman–Crippen LogP) is 1.30. The first-order chi connectivity index (χ1) is 12.9. The number of aliphatic carboxylic acids is 1. The summed E-state index contributed by atoms with van der Waals surface area (Å²) in [7, 11) is 0. The number of carboxylic acid groups (broad SMARTS) is 1. The van der Waals surface area contributed by atoms with Crippen LogP contribution in [0.1, 0.15) is 40.2 Å². The highest BCUT2D eigenvalue weighted by molar-refractivity contribution is 5.97. The number of primary amides is 1. The average Bonchev–Trinajstić information content (AvgIpc) is 3.18. The second-order valence-corrected chi connectivity index (χ2v) is 7.28. The Morgan fingerprint density at radius 2 is 1.81 bits per heavy atom. The monoisotopic (exact) mass is 368 g/mol. The average molecular weight is 368 g/mol. The molecule has 3 N–H and O–H groups in total. The first kappa shape index (κ1) is 17.3. The normalized spacial score (nSPS) is 20.4. The van der Waals surface area contributed by atoms with Crippen LogP contribution in [0.2, 0.25) is 0 Å². The number of aromatic nitrogens is 2. The molecule has 2 aromatic rings. The molecular formula is C19H20N4O4. The number of carbonyl (C=O) groups excluding carboxylic acids is 2. The van der Waals surface area contributed by atoms with Gasteiger partial charge in [-0.15, -0.1) is 0 Å². The fourth-order valence-corrected chi connectivity index (χ4v) is 3.99. The molecule has 8 heteroatoms. The summed E-state index contributed by atoms with van der Waals surface area (Å²) in [6, 6.07) is 10.4. The minimum atomic E-state index is -0.748. The lowest BCUT2D eigenvalue weighted by Crippen LogP contribution is -2.40. The zero-order valence-corrected chi connectivity index (χ0v) is 14.7. The van der Waals surface area contributed by atoms with E-state index in [4.69, 9.17) is 5.73 Å². The van der Waals surface area contributed by atoms with Crippen LogP contribution in [0.5, 0.6) is 0 Å². The number of amides is 2. The zero-order valence-electron chi connectivity index (χ0n) is 14.7. The number of hydrogen-bond donors (Lipinski definition) is 2. The van der Waals surface area contributed by atoms with Gasteiger partial charge in [-0.1, -0.05) is 18.2 Å². The van der Waals surface area contributed by atoms with Crippen LogP contribution < -0.4 is 5.73 Å². The maximum atomic E-state index is 12.8. The molecule has 1 saturated carbocycles. The SMILES string of the molecule is NC(=O)c1cc(C(=O)N2CCC3(CC2)CC3C(=O)O)nn1-c1ccccc1. The summed E-state index contributed by atoms with van der Waals surface area (Å²) in [6.45, 7) is 0.986. The number of benzene rings is 1. The Bertz CT molecular complexity index is 913. The highest BCUT2D eigenvalue weighted by Crippen LogP contribution is 2.59. The summed E-state index contributed by atoms with van der Waals surface area (Å²) in [5.41, 5.74) is 6.25. The number of nitrogens with zero attached hydrogens (tertiary/aromatic N) is 3. The summed E-state index contributed by atoms with van der Waals surface area (Å²) in [4.78, 5) is 37.5. The molecule has 1 unspecified atom stereocenters. The quantitative estimate of drug-likeness (QED) is 0.843. The number of hydrogen-bond acceptors (Lipinski definition) is 4. The molecule has 1 aromatic carbocycles. The molecule has 2 heterocycles. The van der Waals surface area contributed by atoms with E-state index in [1.54, 1.807) is 17.0 Å². The summed E-state index contributed by atoms with van der Waals surface area (Å²) >= 11 is 0. The van der Waals surface area contributed by atoms with Crippen molar-refractivity contribution >= 4 is 17.8 Å². The third-order valence-corrected chi connectivity index (χ3v) is 5.72. The number of likely N-dealkylation sites (tertiary alicyclic amines) is 1.